The largest absolute Gasteiger partial charge is 0.455 e. The SMILES string of the molecule is OCC(O)CNc1cc(Cl)ccc1Oc1cccc(F)c1. The summed E-state index contributed by atoms with van der Waals surface area (Å²) >= 11 is 5.93. The van der Waals surface area contributed by atoms with E-state index in [2.05, 4.69) is 5.32 Å². The first-order chi connectivity index (χ1) is 10.1. The standard InChI is InChI=1S/C15H15ClFNO3/c16-10-4-5-15(14(6-10)18-8-12(20)9-19)21-13-3-1-2-11(17)7-13/h1-7,12,18-20H,8-9H2. The van der Waals surface area contributed by atoms with Gasteiger partial charge in [0.25, 0.3) is 0 Å². The third-order valence-corrected chi connectivity index (χ3v) is 2.94. The second-order valence-electron chi connectivity index (χ2n) is 4.42. The van der Waals surface area contributed by atoms with Crippen LogP contribution in [0.15, 0.2) is 42.5 Å². The molecule has 0 aromatic heterocycles. The van der Waals surface area contributed by atoms with E-state index in [1.165, 1.54) is 12.1 Å². The Kier molecular flexibility index (Phi) is 5.38. The minimum absolute atomic E-state index is 0.135. The Labute approximate surface area is 126 Å². The van der Waals surface area contributed by atoms with Crippen LogP contribution in [-0.2, 0) is 0 Å². The summed E-state index contributed by atoms with van der Waals surface area (Å²) in [5.41, 5.74) is 0.541. The number of hydrogen-bond donors (Lipinski definition) is 3. The molecule has 0 spiro atoms. The van der Waals surface area contributed by atoms with Crippen LogP contribution in [-0.4, -0.2) is 29.5 Å². The van der Waals surface area contributed by atoms with Crippen LogP contribution in [0.25, 0.3) is 0 Å². The molecule has 3 N–H and O–H groups in total. The van der Waals surface area contributed by atoms with Gasteiger partial charge in [0.2, 0.25) is 0 Å². The van der Waals surface area contributed by atoms with Crippen molar-refractivity contribution >= 4 is 17.3 Å². The Morgan fingerprint density at radius 2 is 2.05 bits per heavy atom. The molecule has 1 unspecified atom stereocenters. The summed E-state index contributed by atoms with van der Waals surface area (Å²) in [6.07, 6.45) is -0.897. The molecule has 0 aliphatic carbocycles. The van der Waals surface area contributed by atoms with E-state index in [0.717, 1.165) is 0 Å². The van der Waals surface area contributed by atoms with Crippen molar-refractivity contribution in [3.8, 4) is 11.5 Å². The molecule has 0 heterocycles. The highest BCUT2D eigenvalue weighted by Crippen LogP contribution is 2.32. The maximum Gasteiger partial charge on any atom is 0.150 e. The van der Waals surface area contributed by atoms with E-state index in [1.807, 2.05) is 0 Å². The van der Waals surface area contributed by atoms with E-state index in [0.29, 0.717) is 22.2 Å². The first-order valence-corrected chi connectivity index (χ1v) is 6.72. The van der Waals surface area contributed by atoms with Gasteiger partial charge >= 0.3 is 0 Å². The number of nitrogens with one attached hydrogen (secondary N) is 1. The Hall–Kier alpha value is -1.82. The molecular weight excluding hydrogens is 297 g/mol. The molecule has 6 heteroatoms. The molecule has 0 saturated heterocycles. The lowest BCUT2D eigenvalue weighted by molar-refractivity contribution is 0.105. The third-order valence-electron chi connectivity index (χ3n) is 2.70. The van der Waals surface area contributed by atoms with Crippen LogP contribution in [0.2, 0.25) is 5.02 Å². The molecule has 0 saturated carbocycles. The molecule has 0 bridgehead atoms. The van der Waals surface area contributed by atoms with Gasteiger partial charge in [0, 0.05) is 17.6 Å². The monoisotopic (exact) mass is 311 g/mol. The Morgan fingerprint density at radius 3 is 2.76 bits per heavy atom. The number of ether oxygens (including phenoxy) is 1. The van der Waals surface area contributed by atoms with Crippen molar-refractivity contribution in [3.63, 3.8) is 0 Å². The van der Waals surface area contributed by atoms with Gasteiger partial charge in [-0.3, -0.25) is 0 Å². The molecule has 0 aliphatic heterocycles. The zero-order valence-corrected chi connectivity index (χ0v) is 11.8. The van der Waals surface area contributed by atoms with Gasteiger partial charge in [-0.25, -0.2) is 4.39 Å². The lowest BCUT2D eigenvalue weighted by Crippen LogP contribution is -2.23. The van der Waals surface area contributed by atoms with Crippen LogP contribution in [0.3, 0.4) is 0 Å². The van der Waals surface area contributed by atoms with E-state index in [9.17, 15) is 9.50 Å². The van der Waals surface area contributed by atoms with Gasteiger partial charge < -0.3 is 20.3 Å². The molecule has 4 nitrogen and oxygen atoms in total. The van der Waals surface area contributed by atoms with Gasteiger partial charge in [-0.1, -0.05) is 17.7 Å². The first kappa shape index (κ1) is 15.6. The van der Waals surface area contributed by atoms with Gasteiger partial charge in [0.1, 0.15) is 11.6 Å². The van der Waals surface area contributed by atoms with Gasteiger partial charge in [0.15, 0.2) is 5.75 Å². The highest BCUT2D eigenvalue weighted by molar-refractivity contribution is 6.30. The maximum atomic E-state index is 13.2. The fourth-order valence-corrected chi connectivity index (χ4v) is 1.85. The second-order valence-corrected chi connectivity index (χ2v) is 4.85. The number of halogens is 2. The van der Waals surface area contributed by atoms with Crippen molar-refractivity contribution in [1.82, 2.24) is 0 Å². The van der Waals surface area contributed by atoms with Crippen LogP contribution in [0, 0.1) is 5.82 Å². The molecule has 2 rings (SSSR count). The van der Waals surface area contributed by atoms with E-state index in [-0.39, 0.29) is 13.2 Å². The predicted molar refractivity (Wildman–Crippen MR) is 79.5 cm³/mol. The molecule has 0 fully saturated rings. The van der Waals surface area contributed by atoms with Gasteiger partial charge in [0.05, 0.1) is 18.4 Å². The highest BCUT2D eigenvalue weighted by atomic mass is 35.5. The Bertz CT molecular complexity index is 609. The summed E-state index contributed by atoms with van der Waals surface area (Å²) in [4.78, 5) is 0. The number of hydrogen-bond acceptors (Lipinski definition) is 4. The van der Waals surface area contributed by atoms with E-state index in [1.54, 1.807) is 30.3 Å². The van der Waals surface area contributed by atoms with Crippen LogP contribution in [0.5, 0.6) is 11.5 Å². The van der Waals surface area contributed by atoms with Gasteiger partial charge in [-0.2, -0.15) is 0 Å². The zero-order chi connectivity index (χ0) is 15.2. The smallest absolute Gasteiger partial charge is 0.150 e. The van der Waals surface area contributed by atoms with Crippen LogP contribution in [0.4, 0.5) is 10.1 Å². The summed E-state index contributed by atoms with van der Waals surface area (Å²) in [5, 5.41) is 21.6. The lowest BCUT2D eigenvalue weighted by atomic mass is 10.2. The van der Waals surface area contributed by atoms with Gasteiger partial charge in [-0.15, -0.1) is 0 Å². The van der Waals surface area contributed by atoms with Crippen molar-refractivity contribution in [2.24, 2.45) is 0 Å². The molecule has 1 atom stereocenters. The van der Waals surface area contributed by atoms with Crippen molar-refractivity contribution in [2.75, 3.05) is 18.5 Å². The minimum Gasteiger partial charge on any atom is -0.455 e. The molecule has 112 valence electrons. The quantitative estimate of drug-likeness (QED) is 0.767. The number of rotatable bonds is 6. The molecule has 0 aliphatic rings. The second kappa shape index (κ2) is 7.26. The molecular formula is C15H15ClFNO3. The number of aliphatic hydroxyl groups is 2. The van der Waals surface area contributed by atoms with Crippen LogP contribution in [0.1, 0.15) is 0 Å². The van der Waals surface area contributed by atoms with Crippen molar-refractivity contribution in [1.29, 1.82) is 0 Å². The Balaban J connectivity index is 2.18. The van der Waals surface area contributed by atoms with Crippen molar-refractivity contribution in [3.05, 3.63) is 53.3 Å². The summed E-state index contributed by atoms with van der Waals surface area (Å²) in [5.74, 6) is 0.393. The third kappa shape index (κ3) is 4.60. The fraction of sp³-hybridized carbons (Fsp3) is 0.200. The van der Waals surface area contributed by atoms with E-state index in [4.69, 9.17) is 21.4 Å². The molecule has 2 aromatic carbocycles. The maximum absolute atomic E-state index is 13.2. The average Bonchev–Trinajstić information content (AvgIpc) is 2.47. The van der Waals surface area contributed by atoms with E-state index >= 15 is 0 Å². The Morgan fingerprint density at radius 1 is 1.24 bits per heavy atom. The fourth-order valence-electron chi connectivity index (χ4n) is 1.68. The van der Waals surface area contributed by atoms with Crippen LogP contribution < -0.4 is 10.1 Å². The molecule has 0 radical (unpaired) electrons. The average molecular weight is 312 g/mol. The molecule has 2 aromatic rings. The highest BCUT2D eigenvalue weighted by Gasteiger charge is 2.09. The minimum atomic E-state index is -0.897. The van der Waals surface area contributed by atoms with E-state index < -0.39 is 11.9 Å². The molecule has 0 amide bonds. The normalized spacial score (nSPS) is 12.0. The topological polar surface area (TPSA) is 61.7 Å². The first-order valence-electron chi connectivity index (χ1n) is 6.34. The summed E-state index contributed by atoms with van der Waals surface area (Å²) in [6, 6.07) is 10.7. The summed E-state index contributed by atoms with van der Waals surface area (Å²) < 4.78 is 18.8. The van der Waals surface area contributed by atoms with Crippen molar-refractivity contribution in [2.45, 2.75) is 6.10 Å². The molecule has 21 heavy (non-hydrogen) atoms. The van der Waals surface area contributed by atoms with Gasteiger partial charge in [-0.05, 0) is 30.3 Å². The lowest BCUT2D eigenvalue weighted by Gasteiger charge is -2.15. The number of aliphatic hydroxyl groups excluding tert-OH is 2. The van der Waals surface area contributed by atoms with Crippen LogP contribution >= 0.6 is 11.6 Å². The summed E-state index contributed by atoms with van der Waals surface area (Å²) in [7, 11) is 0. The predicted octanol–water partition coefficient (Wildman–Crippen LogP) is 3.04. The zero-order valence-electron chi connectivity index (χ0n) is 11.1. The number of benzene rings is 2. The number of anilines is 1. The summed E-state index contributed by atoms with van der Waals surface area (Å²) in [6.45, 7) is -0.218. The van der Waals surface area contributed by atoms with Crippen molar-refractivity contribution < 1.29 is 19.3 Å².